The molecule has 3 rings (SSSR count). The molecule has 0 aliphatic carbocycles. The molecule has 0 bridgehead atoms. The van der Waals surface area contributed by atoms with E-state index in [1.807, 2.05) is 5.38 Å². The van der Waals surface area contributed by atoms with Gasteiger partial charge in [0, 0.05) is 36.0 Å². The molecule has 0 saturated carbocycles. The number of nitrogens with one attached hydrogen (secondary N) is 3. The number of piperidine rings is 1. The zero-order valence-electron chi connectivity index (χ0n) is 13.6. The lowest BCUT2D eigenvalue weighted by Gasteiger charge is -2.29. The van der Waals surface area contributed by atoms with Crippen molar-refractivity contribution in [3.05, 3.63) is 47.2 Å². The maximum Gasteiger partial charge on any atom is 0.281 e. The van der Waals surface area contributed by atoms with Gasteiger partial charge in [-0.1, -0.05) is 0 Å². The van der Waals surface area contributed by atoms with Crippen molar-refractivity contribution in [3.8, 4) is 0 Å². The number of benzene rings is 1. The van der Waals surface area contributed by atoms with Crippen molar-refractivity contribution in [3.63, 3.8) is 0 Å². The predicted octanol–water partition coefficient (Wildman–Crippen LogP) is 0.698. The molecule has 25 heavy (non-hydrogen) atoms. The summed E-state index contributed by atoms with van der Waals surface area (Å²) in [5, 5.41) is 8.20. The minimum absolute atomic E-state index is 0.0428. The van der Waals surface area contributed by atoms with Gasteiger partial charge in [0.2, 0.25) is 0 Å². The zero-order chi connectivity index (χ0) is 17.6. The SMILES string of the molecule is O=C(C[NH+]1CCC(NC(=O)c2ccc(F)cc2)CC1)Nc1nccs1. The molecule has 1 aromatic heterocycles. The van der Waals surface area contributed by atoms with Crippen molar-refractivity contribution in [2.24, 2.45) is 0 Å². The second-order valence-electron chi connectivity index (χ2n) is 6.07. The van der Waals surface area contributed by atoms with E-state index in [-0.39, 0.29) is 23.7 Å². The standard InChI is InChI=1S/C17H19FN4O2S/c18-13-3-1-12(2-4-13)16(24)20-14-5-8-22(9-6-14)11-15(23)21-17-19-7-10-25-17/h1-4,7,10,14H,5-6,8-9,11H2,(H,20,24)(H,19,21,23)/p+1. The number of hydrogen-bond acceptors (Lipinski definition) is 4. The van der Waals surface area contributed by atoms with Crippen LogP contribution in [-0.4, -0.2) is 42.5 Å². The Morgan fingerprint density at radius 3 is 2.60 bits per heavy atom. The highest BCUT2D eigenvalue weighted by Gasteiger charge is 2.25. The van der Waals surface area contributed by atoms with Gasteiger partial charge in [-0.3, -0.25) is 14.9 Å². The Morgan fingerprint density at radius 2 is 1.96 bits per heavy atom. The van der Waals surface area contributed by atoms with E-state index in [4.69, 9.17) is 0 Å². The number of nitrogens with zero attached hydrogens (tertiary/aromatic N) is 1. The van der Waals surface area contributed by atoms with Gasteiger partial charge in [0.1, 0.15) is 5.82 Å². The van der Waals surface area contributed by atoms with E-state index in [1.165, 1.54) is 40.5 Å². The van der Waals surface area contributed by atoms with Crippen LogP contribution in [0.2, 0.25) is 0 Å². The lowest BCUT2D eigenvalue weighted by Crippen LogP contribution is -3.14. The van der Waals surface area contributed by atoms with Crippen LogP contribution in [0.15, 0.2) is 35.8 Å². The molecule has 0 atom stereocenters. The highest BCUT2D eigenvalue weighted by molar-refractivity contribution is 7.13. The van der Waals surface area contributed by atoms with Gasteiger partial charge in [-0.15, -0.1) is 11.3 Å². The molecule has 1 saturated heterocycles. The van der Waals surface area contributed by atoms with Crippen LogP contribution in [0.25, 0.3) is 0 Å². The minimum Gasteiger partial charge on any atom is -0.349 e. The number of quaternary nitrogens is 1. The van der Waals surface area contributed by atoms with Gasteiger partial charge >= 0.3 is 0 Å². The van der Waals surface area contributed by atoms with Crippen molar-refractivity contribution < 1.29 is 18.9 Å². The van der Waals surface area contributed by atoms with E-state index < -0.39 is 0 Å². The Bertz CT molecular complexity index is 713. The van der Waals surface area contributed by atoms with Gasteiger partial charge in [0.05, 0.1) is 13.1 Å². The third-order valence-electron chi connectivity index (χ3n) is 4.22. The third-order valence-corrected chi connectivity index (χ3v) is 4.91. The molecule has 2 amide bonds. The molecule has 1 aliphatic rings. The first kappa shape index (κ1) is 17.5. The van der Waals surface area contributed by atoms with Gasteiger partial charge in [-0.25, -0.2) is 9.37 Å². The number of anilines is 1. The largest absolute Gasteiger partial charge is 0.349 e. The van der Waals surface area contributed by atoms with Crippen molar-refractivity contribution >= 4 is 28.3 Å². The molecule has 0 radical (unpaired) electrons. The van der Waals surface area contributed by atoms with Gasteiger partial charge in [-0.2, -0.15) is 0 Å². The summed E-state index contributed by atoms with van der Waals surface area (Å²) in [7, 11) is 0. The lowest BCUT2D eigenvalue weighted by atomic mass is 10.0. The molecule has 1 aliphatic heterocycles. The van der Waals surface area contributed by atoms with Crippen LogP contribution in [-0.2, 0) is 4.79 Å². The van der Waals surface area contributed by atoms with Crippen LogP contribution in [0, 0.1) is 5.82 Å². The monoisotopic (exact) mass is 363 g/mol. The zero-order valence-corrected chi connectivity index (χ0v) is 14.4. The summed E-state index contributed by atoms with van der Waals surface area (Å²) in [5.41, 5.74) is 0.457. The normalized spacial score (nSPS) is 20.0. The molecule has 2 aromatic rings. The van der Waals surface area contributed by atoms with Crippen LogP contribution in [0.3, 0.4) is 0 Å². The summed E-state index contributed by atoms with van der Waals surface area (Å²) in [6, 6.07) is 5.61. The van der Waals surface area contributed by atoms with Crippen LogP contribution in [0.4, 0.5) is 9.52 Å². The van der Waals surface area contributed by atoms with E-state index >= 15 is 0 Å². The van der Waals surface area contributed by atoms with Gasteiger partial charge in [0.25, 0.3) is 11.8 Å². The number of aromatic nitrogens is 1. The molecule has 1 aromatic carbocycles. The summed E-state index contributed by atoms with van der Waals surface area (Å²) in [6.07, 6.45) is 3.28. The second-order valence-corrected chi connectivity index (χ2v) is 6.96. The third kappa shape index (κ3) is 5.07. The Morgan fingerprint density at radius 1 is 1.24 bits per heavy atom. The molecular formula is C17H20FN4O2S+. The number of carbonyl (C=O) groups is 2. The minimum atomic E-state index is -0.357. The number of carbonyl (C=O) groups excluding carboxylic acids is 2. The fraction of sp³-hybridized carbons (Fsp3) is 0.353. The quantitative estimate of drug-likeness (QED) is 0.732. The molecule has 6 nitrogen and oxygen atoms in total. The van der Waals surface area contributed by atoms with Crippen LogP contribution in [0.5, 0.6) is 0 Å². The highest BCUT2D eigenvalue weighted by atomic mass is 32.1. The molecule has 0 unspecified atom stereocenters. The molecule has 2 heterocycles. The first-order chi connectivity index (χ1) is 12.1. The number of amides is 2. The van der Waals surface area contributed by atoms with E-state index in [0.717, 1.165) is 25.9 Å². The Hall–Kier alpha value is -2.32. The van der Waals surface area contributed by atoms with Crippen LogP contribution >= 0.6 is 11.3 Å². The molecule has 8 heteroatoms. The molecule has 3 N–H and O–H groups in total. The van der Waals surface area contributed by atoms with E-state index in [2.05, 4.69) is 15.6 Å². The fourth-order valence-electron chi connectivity index (χ4n) is 2.89. The van der Waals surface area contributed by atoms with Gasteiger partial charge < -0.3 is 10.2 Å². The van der Waals surface area contributed by atoms with Gasteiger partial charge in [0.15, 0.2) is 11.7 Å². The molecule has 132 valence electrons. The van der Waals surface area contributed by atoms with Gasteiger partial charge in [-0.05, 0) is 24.3 Å². The van der Waals surface area contributed by atoms with E-state index in [0.29, 0.717) is 17.2 Å². The maximum atomic E-state index is 12.9. The molecule has 1 fully saturated rings. The Kier molecular flexibility index (Phi) is 5.72. The summed E-state index contributed by atoms with van der Waals surface area (Å²) in [6.45, 7) is 2.04. The second kappa shape index (κ2) is 8.17. The summed E-state index contributed by atoms with van der Waals surface area (Å²) >= 11 is 1.40. The number of likely N-dealkylation sites (tertiary alicyclic amines) is 1. The smallest absolute Gasteiger partial charge is 0.281 e. The van der Waals surface area contributed by atoms with Crippen molar-refractivity contribution in [2.45, 2.75) is 18.9 Å². The van der Waals surface area contributed by atoms with Crippen LogP contribution < -0.4 is 15.5 Å². The summed E-state index contributed by atoms with van der Waals surface area (Å²) in [5.74, 6) is -0.585. The fourth-order valence-corrected chi connectivity index (χ4v) is 3.44. The lowest BCUT2D eigenvalue weighted by molar-refractivity contribution is -0.897. The average molecular weight is 363 g/mol. The van der Waals surface area contributed by atoms with E-state index in [1.54, 1.807) is 6.20 Å². The van der Waals surface area contributed by atoms with E-state index in [9.17, 15) is 14.0 Å². The Balaban J connectivity index is 1.41. The van der Waals surface area contributed by atoms with Crippen LogP contribution in [0.1, 0.15) is 23.2 Å². The van der Waals surface area contributed by atoms with Crippen molar-refractivity contribution in [1.82, 2.24) is 10.3 Å². The number of rotatable bonds is 5. The first-order valence-corrected chi connectivity index (χ1v) is 9.07. The number of halogens is 1. The topological polar surface area (TPSA) is 75.5 Å². The number of thiazole rings is 1. The Labute approximate surface area is 149 Å². The summed E-state index contributed by atoms with van der Waals surface area (Å²) < 4.78 is 12.9. The maximum absolute atomic E-state index is 12.9. The first-order valence-electron chi connectivity index (χ1n) is 8.19. The predicted molar refractivity (Wildman–Crippen MR) is 93.2 cm³/mol. The van der Waals surface area contributed by atoms with Crippen molar-refractivity contribution in [1.29, 1.82) is 0 Å². The summed E-state index contributed by atoms with van der Waals surface area (Å²) in [4.78, 5) is 29.4. The highest BCUT2D eigenvalue weighted by Crippen LogP contribution is 2.09. The average Bonchev–Trinajstić information content (AvgIpc) is 3.10. The number of hydrogen-bond donors (Lipinski definition) is 3. The molecule has 0 spiro atoms. The van der Waals surface area contributed by atoms with Crippen molar-refractivity contribution in [2.75, 3.05) is 25.0 Å². The molecular weight excluding hydrogens is 343 g/mol.